The molecule has 0 aliphatic carbocycles. The standard InChI is InChI=1S/C57H60N15O13P/c1-55(2)80-43-34(77-52(46(43)83-55)70-25-67-40-37(61-22-64-49(40)70)28-10-7-13-31(58)16-28)19-74-86(73,75-20-35-44-47(84-56(3,4)81-44)53(78-35)71-26-68-41-38(62-23-65-50(41)71)29-11-8-14-32(59)17-29)76-21-36-45-48(85-57(5,6)82-45)54(79-36)72-27-69-42-39(63-24-66-51(42)72)30-12-9-15-33(60)18-30/h7-18,22-27,34-36,43-48,52-54H,19-21,58-60H2,1-6H3/t34-,35-,36-,43-,44-,45-,46-,47-,48-,52-,53-,54-/m1/s1. The molecule has 12 heterocycles. The number of fused-ring (bicyclic) bond motifs is 6. The first-order valence-electron chi connectivity index (χ1n) is 28.0. The van der Waals surface area contributed by atoms with Crippen molar-refractivity contribution in [1.82, 2.24) is 58.6 Å². The first-order valence-corrected chi connectivity index (χ1v) is 29.5. The average molecular weight is 1190 g/mol. The predicted octanol–water partition coefficient (Wildman–Crippen LogP) is 6.66. The van der Waals surface area contributed by atoms with E-state index < -0.39 is 98.8 Å². The van der Waals surface area contributed by atoms with Gasteiger partial charge < -0.3 is 59.8 Å². The minimum atomic E-state index is -4.75. The lowest BCUT2D eigenvalue weighted by atomic mass is 10.1. The highest BCUT2D eigenvalue weighted by Crippen LogP contribution is 2.55. The molecule has 0 saturated carbocycles. The topological polar surface area (TPSA) is 337 Å². The van der Waals surface area contributed by atoms with Crippen LogP contribution in [0.5, 0.6) is 0 Å². The summed E-state index contributed by atoms with van der Waals surface area (Å²) in [6.07, 6.45) is -0.544. The van der Waals surface area contributed by atoms with Crippen LogP contribution < -0.4 is 17.2 Å². The van der Waals surface area contributed by atoms with E-state index in [9.17, 15) is 0 Å². The van der Waals surface area contributed by atoms with Crippen LogP contribution in [-0.4, -0.2) is 151 Å². The Kier molecular flexibility index (Phi) is 13.2. The Bertz CT molecular complexity index is 3730. The van der Waals surface area contributed by atoms with E-state index in [1.807, 2.05) is 54.6 Å². The van der Waals surface area contributed by atoms with E-state index in [-0.39, 0.29) is 19.8 Å². The molecule has 6 aliphatic rings. The molecule has 0 radical (unpaired) electrons. The number of imidazole rings is 3. The molecule has 0 spiro atoms. The summed E-state index contributed by atoms with van der Waals surface area (Å²) in [6.45, 7) is 9.67. The third-order valence-electron chi connectivity index (χ3n) is 15.9. The molecule has 6 aromatic heterocycles. The summed E-state index contributed by atoms with van der Waals surface area (Å²) < 4.78 is 99.9. The zero-order valence-corrected chi connectivity index (χ0v) is 48.2. The minimum absolute atomic E-state index is 0.378. The molecule has 28 nitrogen and oxygen atoms in total. The van der Waals surface area contributed by atoms with Crippen molar-refractivity contribution in [3.05, 3.63) is 111 Å². The molecule has 0 unspecified atom stereocenters. The van der Waals surface area contributed by atoms with Gasteiger partial charge in [-0.1, -0.05) is 36.4 Å². The third-order valence-corrected chi connectivity index (χ3v) is 17.3. The highest BCUT2D eigenvalue weighted by molar-refractivity contribution is 7.48. The number of anilines is 3. The van der Waals surface area contributed by atoms with Crippen LogP contribution in [0, 0.1) is 0 Å². The molecule has 29 heteroatoms. The van der Waals surface area contributed by atoms with E-state index in [1.54, 1.807) is 92.4 Å². The van der Waals surface area contributed by atoms with Crippen molar-refractivity contribution in [3.8, 4) is 33.8 Å². The Morgan fingerprint density at radius 1 is 0.430 bits per heavy atom. The molecule has 6 fully saturated rings. The van der Waals surface area contributed by atoms with Crippen LogP contribution in [0.3, 0.4) is 0 Å². The van der Waals surface area contributed by atoms with Crippen molar-refractivity contribution >= 4 is 58.4 Å². The number of aromatic nitrogens is 12. The Balaban J connectivity index is 0.734. The number of nitrogen functional groups attached to an aromatic ring is 3. The fourth-order valence-electron chi connectivity index (χ4n) is 12.5. The van der Waals surface area contributed by atoms with E-state index in [4.69, 9.17) is 88.4 Å². The van der Waals surface area contributed by atoms with Gasteiger partial charge in [-0.15, -0.1) is 0 Å². The largest absolute Gasteiger partial charge is 0.475 e. The summed E-state index contributed by atoms with van der Waals surface area (Å²) in [5.74, 6) is -3.19. The van der Waals surface area contributed by atoms with Gasteiger partial charge in [-0.3, -0.25) is 27.3 Å². The number of hydrogen-bond donors (Lipinski definition) is 3. The number of phosphoric acid groups is 1. The zero-order valence-electron chi connectivity index (χ0n) is 47.3. The van der Waals surface area contributed by atoms with Crippen LogP contribution in [0.2, 0.25) is 0 Å². The highest BCUT2D eigenvalue weighted by atomic mass is 31.2. The number of nitrogens with zero attached hydrogens (tertiary/aromatic N) is 12. The van der Waals surface area contributed by atoms with Crippen LogP contribution in [0.25, 0.3) is 67.3 Å². The zero-order chi connectivity index (χ0) is 59.0. The minimum Gasteiger partial charge on any atom is -0.399 e. The van der Waals surface area contributed by atoms with Crippen molar-refractivity contribution < 1.29 is 60.8 Å². The lowest BCUT2D eigenvalue weighted by Crippen LogP contribution is -2.35. The molecule has 0 amide bonds. The van der Waals surface area contributed by atoms with E-state index in [2.05, 4.69) is 29.9 Å². The molecule has 3 aromatic carbocycles. The van der Waals surface area contributed by atoms with Crippen molar-refractivity contribution in [1.29, 1.82) is 0 Å². The quantitative estimate of drug-likeness (QED) is 0.0713. The van der Waals surface area contributed by atoms with Gasteiger partial charge in [-0.25, -0.2) is 49.4 Å². The Labute approximate surface area is 490 Å². The first kappa shape index (κ1) is 55.1. The summed E-state index contributed by atoms with van der Waals surface area (Å²) >= 11 is 0. The molecule has 446 valence electrons. The van der Waals surface area contributed by atoms with Gasteiger partial charge in [-0.2, -0.15) is 0 Å². The van der Waals surface area contributed by atoms with Gasteiger partial charge in [0.05, 0.1) is 38.8 Å². The number of ether oxygens (including phenoxy) is 9. The fourth-order valence-corrected chi connectivity index (χ4v) is 13.7. The maximum atomic E-state index is 15.8. The van der Waals surface area contributed by atoms with Crippen LogP contribution in [-0.2, 0) is 60.8 Å². The molecule has 9 aromatic rings. The predicted molar refractivity (Wildman–Crippen MR) is 304 cm³/mol. The van der Waals surface area contributed by atoms with Crippen LogP contribution in [0.15, 0.2) is 111 Å². The van der Waals surface area contributed by atoms with Crippen molar-refractivity contribution in [2.24, 2.45) is 0 Å². The molecule has 6 saturated heterocycles. The van der Waals surface area contributed by atoms with Crippen molar-refractivity contribution in [2.75, 3.05) is 37.0 Å². The summed E-state index contributed by atoms with van der Waals surface area (Å²) in [4.78, 5) is 41.8. The van der Waals surface area contributed by atoms with E-state index >= 15 is 4.57 Å². The van der Waals surface area contributed by atoms with Crippen molar-refractivity contribution in [2.45, 2.75) is 133 Å². The Morgan fingerprint density at radius 3 is 1.01 bits per heavy atom. The smallest absolute Gasteiger partial charge is 0.399 e. The highest BCUT2D eigenvalue weighted by Gasteiger charge is 2.60. The second-order valence-electron chi connectivity index (χ2n) is 23.2. The van der Waals surface area contributed by atoms with Gasteiger partial charge in [0.2, 0.25) is 0 Å². The average Bonchev–Trinajstić information content (AvgIpc) is 1.87. The van der Waals surface area contributed by atoms with Gasteiger partial charge >= 0.3 is 7.82 Å². The molecule has 15 rings (SSSR count). The summed E-state index contributed by atoms with van der Waals surface area (Å²) in [5.41, 5.74) is 27.1. The lowest BCUT2D eigenvalue weighted by Gasteiger charge is -2.28. The molecular formula is C57H60N15O13P. The molecule has 6 N–H and O–H groups in total. The summed E-state index contributed by atoms with van der Waals surface area (Å²) in [7, 11) is -4.75. The normalized spacial score (nSPS) is 28.9. The summed E-state index contributed by atoms with van der Waals surface area (Å²) in [6, 6.07) is 22.0. The van der Waals surface area contributed by atoms with Gasteiger partial charge in [-0.05, 0) is 77.9 Å². The van der Waals surface area contributed by atoms with Gasteiger partial charge in [0.25, 0.3) is 0 Å². The molecular weight excluding hydrogens is 1130 g/mol. The molecule has 0 bridgehead atoms. The van der Waals surface area contributed by atoms with E-state index in [0.717, 1.165) is 16.7 Å². The van der Waals surface area contributed by atoms with Gasteiger partial charge in [0.15, 0.2) is 53.0 Å². The second-order valence-corrected chi connectivity index (χ2v) is 24.9. The first-order chi connectivity index (χ1) is 41.3. The number of rotatable bonds is 15. The number of benzene rings is 3. The van der Waals surface area contributed by atoms with Crippen LogP contribution in [0.1, 0.15) is 60.2 Å². The Morgan fingerprint density at radius 2 is 0.721 bits per heavy atom. The van der Waals surface area contributed by atoms with E-state index in [1.165, 1.54) is 19.0 Å². The monoisotopic (exact) mass is 1190 g/mol. The SMILES string of the molecule is CC1(C)O[C@@H]2[C@H](O1)[C@@H](COP(=O)(OC[C@H]1O[C@@H](n3cnc4c(-c5cccc(N)c5)ncnc43)[C@@H]3OC(C)(C)O[C@@H]31)OC[C@H]1O[C@@H](n3cnc4c(-c5cccc(N)c5)ncnc43)[C@@H]3OC(C)(C)O[C@@H]31)O[C@H]2n1cnc2c(-c3cccc(N)c3)ncnc21. The maximum Gasteiger partial charge on any atom is 0.475 e. The summed E-state index contributed by atoms with van der Waals surface area (Å²) in [5, 5.41) is 0. The maximum absolute atomic E-state index is 15.8. The third kappa shape index (κ3) is 9.74. The molecule has 6 aliphatic heterocycles. The van der Waals surface area contributed by atoms with Gasteiger partial charge in [0, 0.05) is 33.8 Å². The van der Waals surface area contributed by atoms with E-state index in [0.29, 0.717) is 67.6 Å². The van der Waals surface area contributed by atoms with Crippen LogP contribution >= 0.6 is 7.82 Å². The Hall–Kier alpha value is -7.54. The van der Waals surface area contributed by atoms with Crippen molar-refractivity contribution in [3.63, 3.8) is 0 Å². The fraction of sp³-hybridized carbons (Fsp3) is 0.421. The number of hydrogen-bond acceptors (Lipinski definition) is 25. The number of phosphoric ester groups is 1. The van der Waals surface area contributed by atoms with Crippen LogP contribution in [0.4, 0.5) is 17.1 Å². The lowest BCUT2D eigenvalue weighted by molar-refractivity contribution is -0.202. The van der Waals surface area contributed by atoms with Gasteiger partial charge in [0.1, 0.15) is 108 Å². The number of nitrogens with two attached hydrogens (primary N) is 3. The second kappa shape index (κ2) is 20.5. The molecule has 12 atom stereocenters. The molecule has 86 heavy (non-hydrogen) atoms.